The Morgan fingerprint density at radius 1 is 1.16 bits per heavy atom. The lowest BCUT2D eigenvalue weighted by Gasteiger charge is -2.36. The molecule has 134 valence electrons. The molecule has 0 bridgehead atoms. The molecule has 0 radical (unpaired) electrons. The average Bonchev–Trinajstić information content (AvgIpc) is 2.88. The molecule has 1 aliphatic heterocycles. The van der Waals surface area contributed by atoms with Crippen LogP contribution in [0.3, 0.4) is 0 Å². The van der Waals surface area contributed by atoms with E-state index < -0.39 is 0 Å². The third-order valence-corrected chi connectivity index (χ3v) is 4.93. The largest absolute Gasteiger partial charge is 0.369 e. The number of carbonyl (C=O) groups excluding carboxylic acids is 1. The molecule has 1 aromatic carbocycles. The maximum atomic E-state index is 12.3. The molecule has 3 rings (SSSR count). The minimum Gasteiger partial charge on any atom is -0.369 e. The summed E-state index contributed by atoms with van der Waals surface area (Å²) < 4.78 is 1.70. The van der Waals surface area contributed by atoms with Gasteiger partial charge in [0.25, 0.3) is 0 Å². The van der Waals surface area contributed by atoms with Crippen molar-refractivity contribution in [3.05, 3.63) is 41.1 Å². The van der Waals surface area contributed by atoms with E-state index in [-0.39, 0.29) is 5.91 Å². The quantitative estimate of drug-likeness (QED) is 0.925. The molecule has 0 spiro atoms. The maximum absolute atomic E-state index is 12.3. The fourth-order valence-electron chi connectivity index (χ4n) is 3.34. The van der Waals surface area contributed by atoms with Gasteiger partial charge < -0.3 is 10.2 Å². The van der Waals surface area contributed by atoms with Gasteiger partial charge in [0, 0.05) is 45.0 Å². The van der Waals surface area contributed by atoms with E-state index in [1.165, 1.54) is 16.8 Å². The number of aryl methyl sites for hydroxylation is 3. The number of amides is 1. The van der Waals surface area contributed by atoms with Crippen LogP contribution in [0.2, 0.25) is 0 Å². The zero-order chi connectivity index (χ0) is 18.0. The third kappa shape index (κ3) is 4.02. The van der Waals surface area contributed by atoms with Gasteiger partial charge in [-0.3, -0.25) is 14.4 Å². The first-order valence-electron chi connectivity index (χ1n) is 8.78. The molecule has 25 heavy (non-hydrogen) atoms. The van der Waals surface area contributed by atoms with E-state index in [1.54, 1.807) is 4.68 Å². The lowest BCUT2D eigenvalue weighted by atomic mass is 10.1. The highest BCUT2D eigenvalue weighted by Crippen LogP contribution is 2.23. The van der Waals surface area contributed by atoms with Crippen molar-refractivity contribution in [1.29, 1.82) is 0 Å². The molecule has 0 aliphatic carbocycles. The predicted octanol–water partition coefficient (Wildman–Crippen LogP) is 2.11. The van der Waals surface area contributed by atoms with Crippen molar-refractivity contribution in [3.8, 4) is 0 Å². The second-order valence-corrected chi connectivity index (χ2v) is 6.82. The highest BCUT2D eigenvalue weighted by Gasteiger charge is 2.20. The first kappa shape index (κ1) is 17.5. The summed E-state index contributed by atoms with van der Waals surface area (Å²) in [6, 6.07) is 8.35. The number of piperazine rings is 1. The molecule has 0 atom stereocenters. The molecular formula is C19H27N5O. The Kier molecular flexibility index (Phi) is 5.08. The molecule has 2 aromatic rings. The molecule has 1 N–H and O–H groups in total. The molecular weight excluding hydrogens is 314 g/mol. The third-order valence-electron chi connectivity index (χ3n) is 4.93. The summed E-state index contributed by atoms with van der Waals surface area (Å²) in [7, 11) is 1.84. The summed E-state index contributed by atoms with van der Waals surface area (Å²) >= 11 is 0. The zero-order valence-electron chi connectivity index (χ0n) is 15.5. The number of benzene rings is 1. The predicted molar refractivity (Wildman–Crippen MR) is 101 cm³/mol. The van der Waals surface area contributed by atoms with Gasteiger partial charge in [0.05, 0.1) is 12.2 Å². The smallest absolute Gasteiger partial charge is 0.239 e. The van der Waals surface area contributed by atoms with Crippen LogP contribution in [0.25, 0.3) is 0 Å². The van der Waals surface area contributed by atoms with E-state index in [4.69, 9.17) is 0 Å². The molecule has 6 heteroatoms. The summed E-state index contributed by atoms with van der Waals surface area (Å²) in [5.74, 6) is 0.764. The van der Waals surface area contributed by atoms with Crippen LogP contribution in [0, 0.1) is 20.8 Å². The Balaban J connectivity index is 1.53. The van der Waals surface area contributed by atoms with Gasteiger partial charge in [-0.25, -0.2) is 0 Å². The van der Waals surface area contributed by atoms with Crippen molar-refractivity contribution in [2.24, 2.45) is 7.05 Å². The molecule has 0 saturated carbocycles. The summed E-state index contributed by atoms with van der Waals surface area (Å²) in [6.07, 6.45) is 0. The normalized spacial score (nSPS) is 15.4. The molecule has 1 amide bonds. The monoisotopic (exact) mass is 341 g/mol. The number of carbonyl (C=O) groups is 1. The maximum Gasteiger partial charge on any atom is 0.239 e. The fourth-order valence-corrected chi connectivity index (χ4v) is 3.34. The summed E-state index contributed by atoms with van der Waals surface area (Å²) in [6.45, 7) is 10.4. The van der Waals surface area contributed by atoms with Gasteiger partial charge in [-0.1, -0.05) is 12.1 Å². The Bertz CT molecular complexity index is 759. The van der Waals surface area contributed by atoms with Gasteiger partial charge in [-0.05, 0) is 38.0 Å². The van der Waals surface area contributed by atoms with Gasteiger partial charge in [0.2, 0.25) is 5.91 Å². The molecule has 1 saturated heterocycles. The number of aromatic nitrogens is 2. The number of rotatable bonds is 4. The van der Waals surface area contributed by atoms with E-state index >= 15 is 0 Å². The van der Waals surface area contributed by atoms with Crippen molar-refractivity contribution in [1.82, 2.24) is 14.7 Å². The van der Waals surface area contributed by atoms with Gasteiger partial charge in [-0.15, -0.1) is 0 Å². The molecule has 1 fully saturated rings. The van der Waals surface area contributed by atoms with Crippen molar-refractivity contribution >= 4 is 17.4 Å². The molecule has 1 aliphatic rings. The first-order chi connectivity index (χ1) is 11.9. The number of nitrogens with one attached hydrogen (secondary N) is 1. The van der Waals surface area contributed by atoms with Crippen LogP contribution >= 0.6 is 0 Å². The number of anilines is 2. The van der Waals surface area contributed by atoms with Crippen molar-refractivity contribution in [3.63, 3.8) is 0 Å². The lowest BCUT2D eigenvalue weighted by molar-refractivity contribution is -0.117. The van der Waals surface area contributed by atoms with Crippen molar-refractivity contribution in [2.45, 2.75) is 20.8 Å². The Labute approximate surface area is 149 Å². The summed E-state index contributed by atoms with van der Waals surface area (Å²) in [4.78, 5) is 16.9. The number of nitrogens with zero attached hydrogens (tertiary/aromatic N) is 4. The fraction of sp³-hybridized carbons (Fsp3) is 0.474. The topological polar surface area (TPSA) is 53.4 Å². The summed E-state index contributed by atoms with van der Waals surface area (Å²) in [5, 5.41) is 7.20. The standard InChI is InChI=1S/C19H27N5O/c1-14-6-5-7-17(16(14)3)24-10-8-23(9-11-24)13-19(25)20-18-12-15(2)21-22(18)4/h5-7,12H,8-11,13H2,1-4H3,(H,20,25). The van der Waals surface area contributed by atoms with Crippen LogP contribution in [-0.2, 0) is 11.8 Å². The molecule has 0 unspecified atom stereocenters. The Morgan fingerprint density at radius 3 is 2.52 bits per heavy atom. The SMILES string of the molecule is Cc1cc(NC(=O)CN2CCN(c3cccc(C)c3C)CC2)n(C)n1. The summed E-state index contributed by atoms with van der Waals surface area (Å²) in [5.41, 5.74) is 4.89. The zero-order valence-corrected chi connectivity index (χ0v) is 15.5. The minimum absolute atomic E-state index is 0.0168. The van der Waals surface area contributed by atoms with Crippen LogP contribution in [0.5, 0.6) is 0 Å². The average molecular weight is 341 g/mol. The second kappa shape index (κ2) is 7.27. The lowest BCUT2D eigenvalue weighted by Crippen LogP contribution is -2.49. The highest BCUT2D eigenvalue weighted by molar-refractivity contribution is 5.91. The molecule has 1 aromatic heterocycles. The second-order valence-electron chi connectivity index (χ2n) is 6.82. The van der Waals surface area contributed by atoms with Gasteiger partial charge >= 0.3 is 0 Å². The van der Waals surface area contributed by atoms with E-state index in [0.29, 0.717) is 6.54 Å². The van der Waals surface area contributed by atoms with Gasteiger partial charge in [-0.2, -0.15) is 5.10 Å². The van der Waals surface area contributed by atoms with E-state index in [1.807, 2.05) is 20.0 Å². The molecule has 6 nitrogen and oxygen atoms in total. The van der Waals surface area contributed by atoms with Crippen LogP contribution in [0.4, 0.5) is 11.5 Å². The van der Waals surface area contributed by atoms with Crippen LogP contribution in [0.15, 0.2) is 24.3 Å². The van der Waals surface area contributed by atoms with E-state index in [2.05, 4.69) is 52.3 Å². The van der Waals surface area contributed by atoms with Crippen LogP contribution < -0.4 is 10.2 Å². The number of hydrogen-bond acceptors (Lipinski definition) is 4. The first-order valence-corrected chi connectivity index (χ1v) is 8.78. The van der Waals surface area contributed by atoms with Crippen LogP contribution in [0.1, 0.15) is 16.8 Å². The van der Waals surface area contributed by atoms with Crippen molar-refractivity contribution in [2.75, 3.05) is 42.9 Å². The molecule has 2 heterocycles. The van der Waals surface area contributed by atoms with Gasteiger partial charge in [0.15, 0.2) is 0 Å². The Hall–Kier alpha value is -2.34. The van der Waals surface area contributed by atoms with Gasteiger partial charge in [0.1, 0.15) is 5.82 Å². The van der Waals surface area contributed by atoms with E-state index in [0.717, 1.165) is 37.7 Å². The Morgan fingerprint density at radius 2 is 1.88 bits per heavy atom. The number of hydrogen-bond donors (Lipinski definition) is 1. The van der Waals surface area contributed by atoms with Crippen molar-refractivity contribution < 1.29 is 4.79 Å². The minimum atomic E-state index is 0.0168. The van der Waals surface area contributed by atoms with E-state index in [9.17, 15) is 4.79 Å². The van der Waals surface area contributed by atoms with Crippen LogP contribution in [-0.4, -0.2) is 53.3 Å². The highest BCUT2D eigenvalue weighted by atomic mass is 16.2.